The first-order chi connectivity index (χ1) is 7.50. The predicted octanol–water partition coefficient (Wildman–Crippen LogP) is 0.340. The maximum Gasteiger partial charge on any atom is 0.254 e. The lowest BCUT2D eigenvalue weighted by Gasteiger charge is -2.38. The van der Waals surface area contributed by atoms with Gasteiger partial charge in [-0.05, 0) is 26.2 Å². The van der Waals surface area contributed by atoms with Crippen LogP contribution in [0.25, 0.3) is 0 Å². The van der Waals surface area contributed by atoms with Crippen molar-refractivity contribution in [2.75, 3.05) is 6.54 Å². The highest BCUT2D eigenvalue weighted by atomic mass is 16.1. The number of hydrogen-bond acceptors (Lipinski definition) is 3. The minimum absolute atomic E-state index is 0.0812. The predicted molar refractivity (Wildman–Crippen MR) is 61.0 cm³/mol. The summed E-state index contributed by atoms with van der Waals surface area (Å²) >= 11 is 0. The Kier molecular flexibility index (Phi) is 2.71. The second-order valence-corrected chi connectivity index (χ2v) is 4.70. The lowest BCUT2D eigenvalue weighted by atomic mass is 9.78. The van der Waals surface area contributed by atoms with E-state index < -0.39 is 0 Å². The number of carbonyl (C=O) groups excluding carboxylic acids is 1. The van der Waals surface area contributed by atoms with Crippen LogP contribution < -0.4 is 11.1 Å². The Hall–Kier alpha value is -1.36. The van der Waals surface area contributed by atoms with Gasteiger partial charge in [-0.25, -0.2) is 0 Å². The number of nitrogens with one attached hydrogen (secondary N) is 1. The van der Waals surface area contributed by atoms with Gasteiger partial charge in [0.2, 0.25) is 0 Å². The molecule has 88 valence electrons. The number of nitrogens with zero attached hydrogens (tertiary/aromatic N) is 2. The van der Waals surface area contributed by atoms with Crippen LogP contribution in [-0.2, 0) is 7.05 Å². The maximum absolute atomic E-state index is 11.8. The van der Waals surface area contributed by atoms with Crippen molar-refractivity contribution in [3.05, 3.63) is 17.5 Å². The van der Waals surface area contributed by atoms with Crippen molar-refractivity contribution in [1.29, 1.82) is 0 Å². The summed E-state index contributed by atoms with van der Waals surface area (Å²) in [7, 11) is 1.81. The molecule has 0 bridgehead atoms. The van der Waals surface area contributed by atoms with Gasteiger partial charge in [0.1, 0.15) is 0 Å². The zero-order valence-corrected chi connectivity index (χ0v) is 9.79. The summed E-state index contributed by atoms with van der Waals surface area (Å²) in [6.07, 6.45) is 4.89. The van der Waals surface area contributed by atoms with E-state index in [1.165, 1.54) is 0 Å². The Morgan fingerprint density at radius 2 is 2.38 bits per heavy atom. The maximum atomic E-state index is 11.8. The normalized spacial score (nSPS) is 17.9. The third kappa shape index (κ3) is 2.09. The van der Waals surface area contributed by atoms with E-state index in [1.807, 2.05) is 6.92 Å². The highest BCUT2D eigenvalue weighted by Crippen LogP contribution is 2.28. The second-order valence-electron chi connectivity index (χ2n) is 4.70. The van der Waals surface area contributed by atoms with E-state index in [2.05, 4.69) is 10.4 Å². The van der Waals surface area contributed by atoms with Crippen LogP contribution in [0.15, 0.2) is 6.20 Å². The number of carbonyl (C=O) groups is 1. The summed E-state index contributed by atoms with van der Waals surface area (Å²) in [6, 6.07) is 0. The smallest absolute Gasteiger partial charge is 0.254 e. The third-order valence-electron chi connectivity index (χ3n) is 3.21. The molecule has 0 saturated heterocycles. The highest BCUT2D eigenvalue weighted by Gasteiger charge is 2.32. The molecule has 1 aliphatic rings. The van der Waals surface area contributed by atoms with E-state index in [9.17, 15) is 4.79 Å². The monoisotopic (exact) mass is 222 g/mol. The van der Waals surface area contributed by atoms with Crippen molar-refractivity contribution in [2.45, 2.75) is 31.7 Å². The molecular weight excluding hydrogens is 204 g/mol. The van der Waals surface area contributed by atoms with Gasteiger partial charge in [0.15, 0.2) is 0 Å². The molecule has 0 atom stereocenters. The van der Waals surface area contributed by atoms with Gasteiger partial charge in [-0.3, -0.25) is 9.48 Å². The Morgan fingerprint density at radius 1 is 1.69 bits per heavy atom. The molecule has 5 nitrogen and oxygen atoms in total. The van der Waals surface area contributed by atoms with Crippen LogP contribution in [0.5, 0.6) is 0 Å². The summed E-state index contributed by atoms with van der Waals surface area (Å²) in [6.45, 7) is 2.39. The number of amides is 1. The summed E-state index contributed by atoms with van der Waals surface area (Å²) in [4.78, 5) is 11.8. The van der Waals surface area contributed by atoms with Crippen molar-refractivity contribution >= 4 is 5.91 Å². The van der Waals surface area contributed by atoms with E-state index in [4.69, 9.17) is 5.73 Å². The number of aromatic nitrogens is 2. The van der Waals surface area contributed by atoms with E-state index in [-0.39, 0.29) is 11.4 Å². The molecule has 0 aromatic carbocycles. The molecule has 1 aromatic heterocycles. The van der Waals surface area contributed by atoms with Crippen molar-refractivity contribution in [3.8, 4) is 0 Å². The quantitative estimate of drug-likeness (QED) is 0.774. The minimum atomic E-state index is -0.175. The lowest BCUT2D eigenvalue weighted by Crippen LogP contribution is -2.54. The lowest BCUT2D eigenvalue weighted by molar-refractivity contribution is 0.0929. The number of hydrogen-bond donors (Lipinski definition) is 2. The average molecular weight is 222 g/mol. The molecule has 0 radical (unpaired) electrons. The van der Waals surface area contributed by atoms with Gasteiger partial charge in [0.05, 0.1) is 11.3 Å². The zero-order valence-electron chi connectivity index (χ0n) is 9.79. The number of nitrogens with two attached hydrogens (primary N) is 1. The van der Waals surface area contributed by atoms with Gasteiger partial charge >= 0.3 is 0 Å². The second kappa shape index (κ2) is 3.90. The summed E-state index contributed by atoms with van der Waals surface area (Å²) in [5, 5.41) is 7.01. The largest absolute Gasteiger partial charge is 0.350 e. The van der Waals surface area contributed by atoms with Gasteiger partial charge in [-0.2, -0.15) is 5.10 Å². The van der Waals surface area contributed by atoms with Crippen LogP contribution >= 0.6 is 0 Å². The first-order valence-corrected chi connectivity index (χ1v) is 5.57. The van der Waals surface area contributed by atoms with Crippen LogP contribution in [0, 0.1) is 6.92 Å². The number of aryl methyl sites for hydroxylation is 2. The topological polar surface area (TPSA) is 72.9 Å². The van der Waals surface area contributed by atoms with Crippen molar-refractivity contribution < 1.29 is 4.79 Å². The fourth-order valence-electron chi connectivity index (χ4n) is 1.98. The third-order valence-corrected chi connectivity index (χ3v) is 3.21. The van der Waals surface area contributed by atoms with Crippen LogP contribution in [0.2, 0.25) is 0 Å². The van der Waals surface area contributed by atoms with Crippen LogP contribution in [0.1, 0.15) is 35.3 Å². The molecule has 0 spiro atoms. The van der Waals surface area contributed by atoms with Crippen molar-refractivity contribution in [2.24, 2.45) is 12.8 Å². The summed E-state index contributed by atoms with van der Waals surface area (Å²) in [5.74, 6) is -0.0812. The van der Waals surface area contributed by atoms with Crippen molar-refractivity contribution in [1.82, 2.24) is 15.1 Å². The Morgan fingerprint density at radius 3 is 2.81 bits per heavy atom. The first-order valence-electron chi connectivity index (χ1n) is 5.57. The van der Waals surface area contributed by atoms with Crippen LogP contribution in [0.4, 0.5) is 0 Å². The van der Waals surface area contributed by atoms with E-state index >= 15 is 0 Å². The fourth-order valence-corrected chi connectivity index (χ4v) is 1.98. The Balaban J connectivity index is 1.95. The molecule has 1 amide bonds. The van der Waals surface area contributed by atoms with E-state index in [0.717, 1.165) is 25.0 Å². The molecule has 1 saturated carbocycles. The molecule has 1 heterocycles. The van der Waals surface area contributed by atoms with E-state index in [1.54, 1.807) is 17.9 Å². The van der Waals surface area contributed by atoms with Gasteiger partial charge in [0.25, 0.3) is 5.91 Å². The Bertz CT molecular complexity index is 406. The molecule has 16 heavy (non-hydrogen) atoms. The first kappa shape index (κ1) is 11.1. The highest BCUT2D eigenvalue weighted by molar-refractivity contribution is 5.95. The van der Waals surface area contributed by atoms with Crippen molar-refractivity contribution in [3.63, 3.8) is 0 Å². The summed E-state index contributed by atoms with van der Waals surface area (Å²) < 4.78 is 1.64. The fraction of sp³-hybridized carbons (Fsp3) is 0.636. The number of rotatable bonds is 3. The SMILES string of the molecule is Cc1nn(C)cc1C(=O)NCC1(N)CCC1. The molecule has 5 heteroatoms. The van der Waals surface area contributed by atoms with Crippen LogP contribution in [0.3, 0.4) is 0 Å². The molecule has 1 aromatic rings. The zero-order chi connectivity index (χ0) is 11.8. The molecule has 1 aliphatic carbocycles. The molecular formula is C11H18N4O. The molecule has 3 N–H and O–H groups in total. The minimum Gasteiger partial charge on any atom is -0.350 e. The molecule has 0 aliphatic heterocycles. The molecule has 0 unspecified atom stereocenters. The van der Waals surface area contributed by atoms with Gasteiger partial charge < -0.3 is 11.1 Å². The van der Waals surface area contributed by atoms with Gasteiger partial charge in [-0.1, -0.05) is 0 Å². The average Bonchev–Trinajstić information content (AvgIpc) is 2.51. The molecule has 1 fully saturated rings. The molecule has 2 rings (SSSR count). The summed E-state index contributed by atoms with van der Waals surface area (Å²) in [5.41, 5.74) is 7.24. The van der Waals surface area contributed by atoms with Crippen LogP contribution in [-0.4, -0.2) is 27.8 Å². The van der Waals surface area contributed by atoms with E-state index in [0.29, 0.717) is 12.1 Å². The standard InChI is InChI=1S/C11H18N4O/c1-8-9(6-15(2)14-8)10(16)13-7-11(12)4-3-5-11/h6H,3-5,7,12H2,1-2H3,(H,13,16). The van der Waals surface area contributed by atoms with Gasteiger partial charge in [-0.15, -0.1) is 0 Å². The Labute approximate surface area is 95.0 Å². The van der Waals surface area contributed by atoms with Gasteiger partial charge in [0, 0.05) is 25.3 Å².